The molecule has 1 aromatic rings. The molecular weight excluding hydrogens is 272 g/mol. The molecule has 2 N–H and O–H groups in total. The monoisotopic (exact) mass is 292 g/mol. The summed E-state index contributed by atoms with van der Waals surface area (Å²) in [4.78, 5) is 15.2. The van der Waals surface area contributed by atoms with Crippen LogP contribution in [0.1, 0.15) is 18.7 Å². The third-order valence-electron chi connectivity index (χ3n) is 2.59. The second kappa shape index (κ2) is 8.48. The molecule has 0 aromatic carbocycles. The standard InChI is InChI=1S/C12H20N2O2S.ClH/c1-9(2)14(8-10-5-4-6-17-10)12(15)11(7-13)16-3;/h4-6,9,11H,7-8,13H2,1-3H3;1H. The lowest BCUT2D eigenvalue weighted by Crippen LogP contribution is -2.46. The number of carbonyl (C=O) groups excluding carboxylic acids is 1. The van der Waals surface area contributed by atoms with Gasteiger partial charge in [-0.3, -0.25) is 4.79 Å². The van der Waals surface area contributed by atoms with Gasteiger partial charge in [-0.15, -0.1) is 23.7 Å². The van der Waals surface area contributed by atoms with Crippen molar-refractivity contribution in [3.63, 3.8) is 0 Å². The van der Waals surface area contributed by atoms with E-state index in [1.54, 1.807) is 16.2 Å². The summed E-state index contributed by atoms with van der Waals surface area (Å²) in [6.07, 6.45) is -0.544. The Morgan fingerprint density at radius 2 is 2.22 bits per heavy atom. The first-order valence-corrected chi connectivity index (χ1v) is 6.53. The molecule has 18 heavy (non-hydrogen) atoms. The number of rotatable bonds is 6. The molecule has 0 aliphatic heterocycles. The molecule has 104 valence electrons. The Kier molecular flexibility index (Phi) is 8.18. The second-order valence-corrected chi connectivity index (χ2v) is 5.13. The molecule has 6 heteroatoms. The van der Waals surface area contributed by atoms with E-state index in [4.69, 9.17) is 10.5 Å². The molecule has 0 aliphatic rings. The highest BCUT2D eigenvalue weighted by Gasteiger charge is 2.25. The molecule has 4 nitrogen and oxygen atoms in total. The minimum Gasteiger partial charge on any atom is -0.370 e. The van der Waals surface area contributed by atoms with Crippen molar-refractivity contribution in [3.8, 4) is 0 Å². The van der Waals surface area contributed by atoms with Gasteiger partial charge in [-0.25, -0.2) is 0 Å². The molecule has 0 saturated carbocycles. The summed E-state index contributed by atoms with van der Waals surface area (Å²) in [5, 5.41) is 2.01. The van der Waals surface area contributed by atoms with Crippen LogP contribution in [-0.2, 0) is 16.1 Å². The van der Waals surface area contributed by atoms with E-state index in [0.717, 1.165) is 0 Å². The van der Waals surface area contributed by atoms with E-state index in [2.05, 4.69) is 0 Å². The highest BCUT2D eigenvalue weighted by molar-refractivity contribution is 7.09. The summed E-state index contributed by atoms with van der Waals surface area (Å²) in [5.74, 6) is -0.0431. The van der Waals surface area contributed by atoms with Crippen molar-refractivity contribution >= 4 is 29.7 Å². The average molecular weight is 293 g/mol. The Bertz CT molecular complexity index is 340. The lowest BCUT2D eigenvalue weighted by Gasteiger charge is -2.29. The van der Waals surface area contributed by atoms with Crippen LogP contribution in [0.2, 0.25) is 0 Å². The summed E-state index contributed by atoms with van der Waals surface area (Å²) >= 11 is 1.65. The van der Waals surface area contributed by atoms with Crippen molar-refractivity contribution in [3.05, 3.63) is 22.4 Å². The van der Waals surface area contributed by atoms with Crippen LogP contribution in [0.15, 0.2) is 17.5 Å². The zero-order chi connectivity index (χ0) is 12.8. The lowest BCUT2D eigenvalue weighted by molar-refractivity contribution is -0.143. The van der Waals surface area contributed by atoms with Gasteiger partial charge in [0.2, 0.25) is 0 Å². The zero-order valence-electron chi connectivity index (χ0n) is 11.0. The molecule has 1 rings (SSSR count). The van der Waals surface area contributed by atoms with E-state index in [1.807, 2.05) is 31.4 Å². The second-order valence-electron chi connectivity index (χ2n) is 4.10. The number of halogens is 1. The molecule has 1 amide bonds. The predicted octanol–water partition coefficient (Wildman–Crippen LogP) is 1.88. The van der Waals surface area contributed by atoms with Crippen LogP contribution in [0.4, 0.5) is 0 Å². The molecule has 1 unspecified atom stereocenters. The van der Waals surface area contributed by atoms with Gasteiger partial charge in [0.1, 0.15) is 6.10 Å². The molecule has 1 aromatic heterocycles. The highest BCUT2D eigenvalue weighted by atomic mass is 35.5. The Hall–Kier alpha value is -0.620. The van der Waals surface area contributed by atoms with Gasteiger partial charge in [-0.05, 0) is 25.3 Å². The van der Waals surface area contributed by atoms with E-state index in [0.29, 0.717) is 6.54 Å². The third kappa shape index (κ3) is 4.57. The summed E-state index contributed by atoms with van der Waals surface area (Å²) in [7, 11) is 1.51. The SMILES string of the molecule is COC(CN)C(=O)N(Cc1cccs1)C(C)C.Cl. The van der Waals surface area contributed by atoms with E-state index < -0.39 is 6.10 Å². The van der Waals surface area contributed by atoms with Crippen molar-refractivity contribution in [2.45, 2.75) is 32.5 Å². The Morgan fingerprint density at radius 3 is 2.61 bits per heavy atom. The number of nitrogens with zero attached hydrogens (tertiary/aromatic N) is 1. The first-order valence-electron chi connectivity index (χ1n) is 5.65. The number of amides is 1. The molecule has 0 radical (unpaired) electrons. The van der Waals surface area contributed by atoms with Gasteiger partial charge in [0.25, 0.3) is 5.91 Å². The predicted molar refractivity (Wildman–Crippen MR) is 77.1 cm³/mol. The summed E-state index contributed by atoms with van der Waals surface area (Å²) < 4.78 is 5.10. The molecule has 0 saturated heterocycles. The fraction of sp³-hybridized carbons (Fsp3) is 0.583. The van der Waals surface area contributed by atoms with E-state index >= 15 is 0 Å². The van der Waals surface area contributed by atoms with Gasteiger partial charge in [0, 0.05) is 24.6 Å². The number of carbonyl (C=O) groups is 1. The maximum absolute atomic E-state index is 12.2. The number of thiophene rings is 1. The van der Waals surface area contributed by atoms with Crippen molar-refractivity contribution in [1.29, 1.82) is 0 Å². The maximum Gasteiger partial charge on any atom is 0.253 e. The van der Waals surface area contributed by atoms with Crippen LogP contribution in [0.5, 0.6) is 0 Å². The molecule has 0 spiro atoms. The summed E-state index contributed by atoms with van der Waals surface area (Å²) in [6, 6.07) is 4.14. The van der Waals surface area contributed by atoms with Crippen molar-refractivity contribution in [1.82, 2.24) is 4.90 Å². The van der Waals surface area contributed by atoms with Gasteiger partial charge in [0.15, 0.2) is 0 Å². The smallest absolute Gasteiger partial charge is 0.253 e. The normalized spacial score (nSPS) is 12.1. The first-order chi connectivity index (χ1) is 8.10. The number of nitrogens with two attached hydrogens (primary N) is 1. The van der Waals surface area contributed by atoms with Crippen LogP contribution in [0.3, 0.4) is 0 Å². The van der Waals surface area contributed by atoms with Gasteiger partial charge >= 0.3 is 0 Å². The van der Waals surface area contributed by atoms with Gasteiger partial charge < -0.3 is 15.4 Å². The fourth-order valence-corrected chi connectivity index (χ4v) is 2.27. The molecule has 0 aliphatic carbocycles. The van der Waals surface area contributed by atoms with Crippen molar-refractivity contribution in [2.24, 2.45) is 5.73 Å². The van der Waals surface area contributed by atoms with Crippen molar-refractivity contribution < 1.29 is 9.53 Å². The Balaban J connectivity index is 0.00000289. The number of methoxy groups -OCH3 is 1. The summed E-state index contributed by atoms with van der Waals surface area (Å²) in [5.41, 5.74) is 5.53. The van der Waals surface area contributed by atoms with Crippen LogP contribution in [0, 0.1) is 0 Å². The largest absolute Gasteiger partial charge is 0.370 e. The van der Waals surface area contributed by atoms with E-state index in [1.165, 1.54) is 12.0 Å². The minimum absolute atomic E-state index is 0. The quantitative estimate of drug-likeness (QED) is 0.871. The molecule has 0 bridgehead atoms. The van der Waals surface area contributed by atoms with Crippen LogP contribution < -0.4 is 5.73 Å². The summed E-state index contributed by atoms with van der Waals surface area (Å²) in [6.45, 7) is 4.82. The highest BCUT2D eigenvalue weighted by Crippen LogP contribution is 2.15. The average Bonchev–Trinajstić information content (AvgIpc) is 2.79. The van der Waals surface area contributed by atoms with Crippen LogP contribution >= 0.6 is 23.7 Å². The first kappa shape index (κ1) is 17.4. The van der Waals surface area contributed by atoms with Gasteiger partial charge in [-0.1, -0.05) is 6.07 Å². The van der Waals surface area contributed by atoms with Gasteiger partial charge in [0.05, 0.1) is 6.54 Å². The van der Waals surface area contributed by atoms with E-state index in [9.17, 15) is 4.79 Å². The maximum atomic E-state index is 12.2. The molecular formula is C12H21ClN2O2S. The van der Waals surface area contributed by atoms with Crippen molar-refractivity contribution in [2.75, 3.05) is 13.7 Å². The molecule has 1 heterocycles. The van der Waals surface area contributed by atoms with Crippen LogP contribution in [-0.4, -0.2) is 36.6 Å². The van der Waals surface area contributed by atoms with Crippen LogP contribution in [0.25, 0.3) is 0 Å². The fourth-order valence-electron chi connectivity index (χ4n) is 1.57. The lowest BCUT2D eigenvalue weighted by atomic mass is 10.2. The third-order valence-corrected chi connectivity index (χ3v) is 3.45. The van der Waals surface area contributed by atoms with E-state index in [-0.39, 0.29) is 30.9 Å². The molecule has 1 atom stereocenters. The number of hydrogen-bond donors (Lipinski definition) is 1. The topological polar surface area (TPSA) is 55.6 Å². The Labute approximate surface area is 119 Å². The minimum atomic E-state index is -0.544. The number of ether oxygens (including phenoxy) is 1. The number of hydrogen-bond acceptors (Lipinski definition) is 4. The Morgan fingerprint density at radius 1 is 1.56 bits per heavy atom. The zero-order valence-corrected chi connectivity index (χ0v) is 12.6. The molecule has 0 fully saturated rings. The van der Waals surface area contributed by atoms with Gasteiger partial charge in [-0.2, -0.15) is 0 Å².